The topological polar surface area (TPSA) is 66.4 Å². The predicted octanol–water partition coefficient (Wildman–Crippen LogP) is 2.79. The van der Waals surface area contributed by atoms with Gasteiger partial charge in [0.1, 0.15) is 0 Å². The number of thioether (sulfide) groups is 1. The molecular formula is C15H19NO3S. The molecule has 1 aromatic carbocycles. The van der Waals surface area contributed by atoms with Crippen LogP contribution in [0.25, 0.3) is 0 Å². The number of carbonyl (C=O) groups is 2. The van der Waals surface area contributed by atoms with Gasteiger partial charge in [-0.15, -0.1) is 0 Å². The van der Waals surface area contributed by atoms with Crippen molar-refractivity contribution in [2.75, 3.05) is 12.8 Å². The van der Waals surface area contributed by atoms with Crippen molar-refractivity contribution < 1.29 is 14.7 Å². The highest BCUT2D eigenvalue weighted by molar-refractivity contribution is 8.00. The smallest absolute Gasteiger partial charge is 0.335 e. The summed E-state index contributed by atoms with van der Waals surface area (Å²) in [5.41, 5.74) is 0.696. The summed E-state index contributed by atoms with van der Waals surface area (Å²) in [6.07, 6.45) is 6.84. The highest BCUT2D eigenvalue weighted by Gasteiger charge is 2.33. The van der Waals surface area contributed by atoms with Crippen molar-refractivity contribution in [3.05, 3.63) is 35.4 Å². The van der Waals surface area contributed by atoms with E-state index in [0.717, 1.165) is 12.8 Å². The zero-order valence-electron chi connectivity index (χ0n) is 11.5. The zero-order chi connectivity index (χ0) is 14.6. The quantitative estimate of drug-likeness (QED) is 0.876. The summed E-state index contributed by atoms with van der Waals surface area (Å²) in [4.78, 5) is 22.8. The van der Waals surface area contributed by atoms with Gasteiger partial charge in [-0.05, 0) is 43.4 Å². The molecule has 20 heavy (non-hydrogen) atoms. The third-order valence-electron chi connectivity index (χ3n) is 3.91. The largest absolute Gasteiger partial charge is 0.478 e. The van der Waals surface area contributed by atoms with Crippen LogP contribution in [0.2, 0.25) is 0 Å². The molecule has 108 valence electrons. The van der Waals surface area contributed by atoms with Crippen molar-refractivity contribution in [3.63, 3.8) is 0 Å². The Bertz CT molecular complexity index is 492. The number of carbonyl (C=O) groups excluding carboxylic acids is 1. The number of aromatic carboxylic acids is 1. The number of nitrogens with one attached hydrogen (secondary N) is 1. The minimum absolute atomic E-state index is 0.137. The lowest BCUT2D eigenvalue weighted by Gasteiger charge is -2.26. The molecule has 0 spiro atoms. The van der Waals surface area contributed by atoms with E-state index in [-0.39, 0.29) is 16.2 Å². The lowest BCUT2D eigenvalue weighted by atomic mass is 10.1. The van der Waals surface area contributed by atoms with E-state index in [0.29, 0.717) is 12.1 Å². The van der Waals surface area contributed by atoms with Crippen molar-refractivity contribution in [3.8, 4) is 0 Å². The average molecular weight is 293 g/mol. The summed E-state index contributed by atoms with van der Waals surface area (Å²) in [6.45, 7) is 0.674. The Hall–Kier alpha value is -1.49. The molecule has 1 aliphatic carbocycles. The van der Waals surface area contributed by atoms with E-state index < -0.39 is 5.97 Å². The van der Waals surface area contributed by atoms with Gasteiger partial charge in [0.05, 0.1) is 5.56 Å². The SMILES string of the molecule is CSC1(CNC(=O)c2ccc(C(=O)O)cc2)CCCC1. The number of amides is 1. The second-order valence-electron chi connectivity index (χ2n) is 5.16. The summed E-state index contributed by atoms with van der Waals surface area (Å²) in [5, 5.41) is 11.8. The van der Waals surface area contributed by atoms with Gasteiger partial charge in [0.15, 0.2) is 0 Å². The molecule has 0 saturated heterocycles. The number of carboxylic acid groups (broad SMARTS) is 1. The molecule has 1 aromatic rings. The van der Waals surface area contributed by atoms with Gasteiger partial charge in [0.25, 0.3) is 5.91 Å². The normalized spacial score (nSPS) is 16.9. The fourth-order valence-corrected chi connectivity index (χ4v) is 3.49. The summed E-state index contributed by atoms with van der Waals surface area (Å²) in [6, 6.07) is 6.02. The number of hydrogen-bond acceptors (Lipinski definition) is 3. The lowest BCUT2D eigenvalue weighted by Crippen LogP contribution is -2.38. The van der Waals surface area contributed by atoms with Crippen LogP contribution in [-0.2, 0) is 0 Å². The van der Waals surface area contributed by atoms with Crippen molar-refractivity contribution >= 4 is 23.6 Å². The van der Waals surface area contributed by atoms with Crippen LogP contribution < -0.4 is 5.32 Å². The van der Waals surface area contributed by atoms with Crippen molar-refractivity contribution in [1.82, 2.24) is 5.32 Å². The highest BCUT2D eigenvalue weighted by atomic mass is 32.2. The molecule has 0 unspecified atom stereocenters. The van der Waals surface area contributed by atoms with Gasteiger partial charge in [0, 0.05) is 16.9 Å². The van der Waals surface area contributed by atoms with E-state index in [1.807, 2.05) is 11.8 Å². The number of rotatable bonds is 5. The van der Waals surface area contributed by atoms with Crippen molar-refractivity contribution in [2.24, 2.45) is 0 Å². The summed E-state index contributed by atoms with van der Waals surface area (Å²) >= 11 is 1.83. The van der Waals surface area contributed by atoms with Crippen LogP contribution in [0.3, 0.4) is 0 Å². The first-order valence-corrected chi connectivity index (χ1v) is 7.95. The van der Waals surface area contributed by atoms with Crippen LogP contribution in [-0.4, -0.2) is 34.5 Å². The van der Waals surface area contributed by atoms with E-state index in [2.05, 4.69) is 11.6 Å². The molecule has 2 rings (SSSR count). The first kappa shape index (κ1) is 14.9. The molecule has 5 heteroatoms. The van der Waals surface area contributed by atoms with Crippen LogP contribution in [0.15, 0.2) is 24.3 Å². The molecule has 0 bridgehead atoms. The fourth-order valence-electron chi connectivity index (χ4n) is 2.58. The molecule has 0 heterocycles. The Morgan fingerprint density at radius 1 is 1.20 bits per heavy atom. The van der Waals surface area contributed by atoms with Gasteiger partial charge in [-0.2, -0.15) is 11.8 Å². The first-order valence-electron chi connectivity index (χ1n) is 6.73. The third kappa shape index (κ3) is 3.33. The van der Waals surface area contributed by atoms with Gasteiger partial charge < -0.3 is 10.4 Å². The molecule has 4 nitrogen and oxygen atoms in total. The van der Waals surface area contributed by atoms with E-state index in [1.165, 1.54) is 25.0 Å². The molecule has 2 N–H and O–H groups in total. The summed E-state index contributed by atoms with van der Waals surface area (Å²) in [5.74, 6) is -1.12. The standard InChI is InChI=1S/C15H19NO3S/c1-20-15(8-2-3-9-15)10-16-13(17)11-4-6-12(7-5-11)14(18)19/h4-7H,2-3,8-10H2,1H3,(H,16,17)(H,18,19). The molecular weight excluding hydrogens is 274 g/mol. The first-order chi connectivity index (χ1) is 9.56. The van der Waals surface area contributed by atoms with Crippen molar-refractivity contribution in [2.45, 2.75) is 30.4 Å². The zero-order valence-corrected chi connectivity index (χ0v) is 12.3. The molecule has 1 saturated carbocycles. The maximum absolute atomic E-state index is 12.1. The number of hydrogen-bond donors (Lipinski definition) is 2. The van der Waals surface area contributed by atoms with Crippen molar-refractivity contribution in [1.29, 1.82) is 0 Å². The van der Waals surface area contributed by atoms with E-state index in [4.69, 9.17) is 5.11 Å². The predicted molar refractivity (Wildman–Crippen MR) is 80.4 cm³/mol. The van der Waals surface area contributed by atoms with Crippen LogP contribution in [0.5, 0.6) is 0 Å². The van der Waals surface area contributed by atoms with Gasteiger partial charge in [-0.1, -0.05) is 12.8 Å². The molecule has 1 amide bonds. The lowest BCUT2D eigenvalue weighted by molar-refractivity contribution is 0.0696. The average Bonchev–Trinajstić information content (AvgIpc) is 2.94. The molecule has 0 aliphatic heterocycles. The maximum atomic E-state index is 12.1. The van der Waals surface area contributed by atoms with Crippen LogP contribution in [0, 0.1) is 0 Å². The van der Waals surface area contributed by atoms with E-state index in [1.54, 1.807) is 12.1 Å². The molecule has 0 aromatic heterocycles. The summed E-state index contributed by atoms with van der Waals surface area (Å²) < 4.78 is 0.177. The monoisotopic (exact) mass is 293 g/mol. The molecule has 0 radical (unpaired) electrons. The second-order valence-corrected chi connectivity index (χ2v) is 6.43. The summed E-state index contributed by atoms with van der Waals surface area (Å²) in [7, 11) is 0. The van der Waals surface area contributed by atoms with Gasteiger partial charge >= 0.3 is 5.97 Å². The van der Waals surface area contributed by atoms with Crippen LogP contribution in [0.4, 0.5) is 0 Å². The minimum atomic E-state index is -0.982. The Labute approximate surface area is 123 Å². The Morgan fingerprint density at radius 3 is 2.25 bits per heavy atom. The molecule has 0 atom stereocenters. The van der Waals surface area contributed by atoms with Crippen LogP contribution in [0.1, 0.15) is 46.4 Å². The van der Waals surface area contributed by atoms with Gasteiger partial charge in [-0.3, -0.25) is 4.79 Å². The second kappa shape index (κ2) is 6.31. The Kier molecular flexibility index (Phi) is 4.70. The Morgan fingerprint density at radius 2 is 1.75 bits per heavy atom. The fraction of sp³-hybridized carbons (Fsp3) is 0.467. The Balaban J connectivity index is 1.96. The molecule has 1 aliphatic rings. The van der Waals surface area contributed by atoms with Crippen LogP contribution >= 0.6 is 11.8 Å². The van der Waals surface area contributed by atoms with E-state index >= 15 is 0 Å². The minimum Gasteiger partial charge on any atom is -0.478 e. The van der Waals surface area contributed by atoms with Gasteiger partial charge in [-0.25, -0.2) is 4.79 Å². The maximum Gasteiger partial charge on any atom is 0.335 e. The van der Waals surface area contributed by atoms with Gasteiger partial charge in [0.2, 0.25) is 0 Å². The van der Waals surface area contributed by atoms with E-state index in [9.17, 15) is 9.59 Å². The molecule has 1 fully saturated rings. The number of carboxylic acids is 1. The number of benzene rings is 1. The highest BCUT2D eigenvalue weighted by Crippen LogP contribution is 2.39. The third-order valence-corrected chi connectivity index (χ3v) is 5.33.